The van der Waals surface area contributed by atoms with Crippen LogP contribution in [-0.2, 0) is 10.0 Å². The molecule has 26 heavy (non-hydrogen) atoms. The van der Waals surface area contributed by atoms with Crippen molar-refractivity contribution in [3.05, 3.63) is 54.1 Å². The highest BCUT2D eigenvalue weighted by Crippen LogP contribution is 2.26. The van der Waals surface area contributed by atoms with Crippen molar-refractivity contribution in [2.75, 3.05) is 24.9 Å². The van der Waals surface area contributed by atoms with Gasteiger partial charge < -0.3 is 15.4 Å². The van der Waals surface area contributed by atoms with Crippen LogP contribution < -0.4 is 20.1 Å². The third-order valence-electron chi connectivity index (χ3n) is 4.17. The molecule has 1 unspecified atom stereocenters. The van der Waals surface area contributed by atoms with E-state index in [4.69, 9.17) is 4.74 Å². The molecule has 1 amide bonds. The normalized spacial score (nSPS) is 16.9. The van der Waals surface area contributed by atoms with Crippen LogP contribution in [0.25, 0.3) is 0 Å². The van der Waals surface area contributed by atoms with E-state index in [1.165, 1.54) is 31.4 Å². The third-order valence-corrected chi connectivity index (χ3v) is 5.56. The third kappa shape index (κ3) is 4.14. The van der Waals surface area contributed by atoms with Crippen LogP contribution in [0.4, 0.5) is 5.69 Å². The fraction of sp³-hybridized carbons (Fsp3) is 0.278. The molecule has 1 saturated heterocycles. The van der Waals surface area contributed by atoms with E-state index >= 15 is 0 Å². The Morgan fingerprint density at radius 1 is 1.15 bits per heavy atom. The van der Waals surface area contributed by atoms with Crippen LogP contribution in [0.5, 0.6) is 5.75 Å². The average Bonchev–Trinajstić information content (AvgIpc) is 3.15. The van der Waals surface area contributed by atoms with Crippen LogP contribution >= 0.6 is 0 Å². The number of carbonyl (C=O) groups excluding carboxylic acids is 1. The Hall–Kier alpha value is -2.58. The summed E-state index contributed by atoms with van der Waals surface area (Å²) in [5.74, 6) is 0.220. The van der Waals surface area contributed by atoms with Gasteiger partial charge in [0.05, 0.1) is 17.7 Å². The largest absolute Gasteiger partial charge is 0.495 e. The Balaban J connectivity index is 1.73. The van der Waals surface area contributed by atoms with Gasteiger partial charge in [-0.25, -0.2) is 8.42 Å². The van der Waals surface area contributed by atoms with Crippen molar-refractivity contribution in [3.63, 3.8) is 0 Å². The van der Waals surface area contributed by atoms with E-state index in [1.54, 1.807) is 24.3 Å². The van der Waals surface area contributed by atoms with Crippen LogP contribution in [-0.4, -0.2) is 40.6 Å². The average molecular weight is 375 g/mol. The van der Waals surface area contributed by atoms with E-state index in [0.717, 1.165) is 19.5 Å². The summed E-state index contributed by atoms with van der Waals surface area (Å²) in [4.78, 5) is 12.3. The summed E-state index contributed by atoms with van der Waals surface area (Å²) in [6.07, 6.45) is 0.890. The molecule has 138 valence electrons. The Labute approximate surface area is 152 Å². The molecule has 3 N–H and O–H groups in total. The first-order chi connectivity index (χ1) is 12.5. The number of rotatable bonds is 6. The summed E-state index contributed by atoms with van der Waals surface area (Å²) < 4.78 is 32.8. The summed E-state index contributed by atoms with van der Waals surface area (Å²) in [6, 6.07) is 12.7. The highest BCUT2D eigenvalue weighted by molar-refractivity contribution is 7.92. The minimum Gasteiger partial charge on any atom is -0.495 e. The Bertz CT molecular complexity index is 876. The van der Waals surface area contributed by atoms with Gasteiger partial charge in [0.2, 0.25) is 0 Å². The topological polar surface area (TPSA) is 96.5 Å². The Morgan fingerprint density at radius 3 is 2.54 bits per heavy atom. The number of sulfonamides is 1. The molecule has 8 heteroatoms. The molecular formula is C18H21N3O4S. The lowest BCUT2D eigenvalue weighted by Gasteiger charge is -2.13. The summed E-state index contributed by atoms with van der Waals surface area (Å²) in [6.45, 7) is 1.64. The van der Waals surface area contributed by atoms with Gasteiger partial charge in [0.1, 0.15) is 5.75 Å². The van der Waals surface area contributed by atoms with E-state index in [1.807, 2.05) is 0 Å². The molecule has 1 fully saturated rings. The standard InChI is InChI=1S/C18H21N3O4S/c1-25-17-5-3-2-4-16(17)21-26(23,24)15-8-6-13(7-9-15)18(22)20-14-10-11-19-12-14/h2-9,14,19,21H,10-12H2,1H3,(H,20,22). The first-order valence-electron chi connectivity index (χ1n) is 8.27. The van der Waals surface area contributed by atoms with Crippen LogP contribution in [0.2, 0.25) is 0 Å². The summed E-state index contributed by atoms with van der Waals surface area (Å²) in [5.41, 5.74) is 0.777. The smallest absolute Gasteiger partial charge is 0.262 e. The van der Waals surface area contributed by atoms with Gasteiger partial charge in [-0.2, -0.15) is 0 Å². The number of nitrogens with one attached hydrogen (secondary N) is 3. The first-order valence-corrected chi connectivity index (χ1v) is 9.75. The molecular weight excluding hydrogens is 354 g/mol. The summed E-state index contributed by atoms with van der Waals surface area (Å²) >= 11 is 0. The van der Waals surface area contributed by atoms with E-state index in [0.29, 0.717) is 17.0 Å². The maximum absolute atomic E-state index is 12.6. The number of benzene rings is 2. The molecule has 2 aromatic rings. The van der Waals surface area contributed by atoms with Crippen LogP contribution in [0.3, 0.4) is 0 Å². The second-order valence-corrected chi connectivity index (χ2v) is 7.68. The summed E-state index contributed by atoms with van der Waals surface area (Å²) in [5, 5.41) is 6.10. The molecule has 3 rings (SSSR count). The molecule has 2 aromatic carbocycles. The number of anilines is 1. The number of hydrogen-bond donors (Lipinski definition) is 3. The van der Waals surface area contributed by atoms with Gasteiger partial charge >= 0.3 is 0 Å². The minimum absolute atomic E-state index is 0.0717. The van der Waals surface area contributed by atoms with Gasteiger partial charge in [-0.15, -0.1) is 0 Å². The predicted molar refractivity (Wildman–Crippen MR) is 99.0 cm³/mol. The predicted octanol–water partition coefficient (Wildman–Crippen LogP) is 1.59. The number of para-hydroxylation sites is 2. The molecule has 0 spiro atoms. The number of carbonyl (C=O) groups is 1. The maximum Gasteiger partial charge on any atom is 0.262 e. The van der Waals surface area contributed by atoms with Gasteiger partial charge in [-0.05, 0) is 49.4 Å². The number of ether oxygens (including phenoxy) is 1. The van der Waals surface area contributed by atoms with Crippen molar-refractivity contribution < 1.29 is 17.9 Å². The Morgan fingerprint density at radius 2 is 1.88 bits per heavy atom. The number of hydrogen-bond acceptors (Lipinski definition) is 5. The SMILES string of the molecule is COc1ccccc1NS(=O)(=O)c1ccc(C(=O)NC2CCNC2)cc1. The van der Waals surface area contributed by atoms with E-state index < -0.39 is 10.0 Å². The van der Waals surface area contributed by atoms with Crippen molar-refractivity contribution in [3.8, 4) is 5.75 Å². The molecule has 7 nitrogen and oxygen atoms in total. The minimum atomic E-state index is -3.78. The van der Waals surface area contributed by atoms with Crippen molar-refractivity contribution in [1.29, 1.82) is 0 Å². The number of amides is 1. The van der Waals surface area contributed by atoms with Gasteiger partial charge in [-0.3, -0.25) is 9.52 Å². The molecule has 0 aromatic heterocycles. The molecule has 0 saturated carbocycles. The fourth-order valence-corrected chi connectivity index (χ4v) is 3.84. The monoisotopic (exact) mass is 375 g/mol. The van der Waals surface area contributed by atoms with E-state index in [2.05, 4.69) is 15.4 Å². The zero-order chi connectivity index (χ0) is 18.6. The van der Waals surface area contributed by atoms with E-state index in [9.17, 15) is 13.2 Å². The lowest BCUT2D eigenvalue weighted by Crippen LogP contribution is -2.36. The summed E-state index contributed by atoms with van der Waals surface area (Å²) in [7, 11) is -2.31. The zero-order valence-corrected chi connectivity index (χ0v) is 15.2. The second-order valence-electron chi connectivity index (χ2n) is 5.99. The molecule has 1 heterocycles. The van der Waals surface area contributed by atoms with Gasteiger partial charge in [0.25, 0.3) is 15.9 Å². The zero-order valence-electron chi connectivity index (χ0n) is 14.4. The molecule has 0 aliphatic carbocycles. The molecule has 1 aliphatic heterocycles. The van der Waals surface area contributed by atoms with Gasteiger partial charge in [-0.1, -0.05) is 12.1 Å². The van der Waals surface area contributed by atoms with Crippen molar-refractivity contribution in [2.24, 2.45) is 0 Å². The first kappa shape index (κ1) is 18.2. The molecule has 1 atom stereocenters. The molecule has 1 aliphatic rings. The fourth-order valence-electron chi connectivity index (χ4n) is 2.76. The highest BCUT2D eigenvalue weighted by Gasteiger charge is 2.19. The maximum atomic E-state index is 12.6. The van der Waals surface area contributed by atoms with Crippen LogP contribution in [0, 0.1) is 0 Å². The van der Waals surface area contributed by atoms with Crippen molar-refractivity contribution >= 4 is 21.6 Å². The van der Waals surface area contributed by atoms with Crippen LogP contribution in [0.15, 0.2) is 53.4 Å². The van der Waals surface area contributed by atoms with Crippen molar-refractivity contribution in [2.45, 2.75) is 17.4 Å². The Kier molecular flexibility index (Phi) is 5.43. The number of methoxy groups -OCH3 is 1. The van der Waals surface area contributed by atoms with Gasteiger partial charge in [0.15, 0.2) is 0 Å². The van der Waals surface area contributed by atoms with E-state index in [-0.39, 0.29) is 16.8 Å². The van der Waals surface area contributed by atoms with Gasteiger partial charge in [0, 0.05) is 18.2 Å². The lowest BCUT2D eigenvalue weighted by atomic mass is 10.2. The molecule has 0 radical (unpaired) electrons. The van der Waals surface area contributed by atoms with Crippen LogP contribution in [0.1, 0.15) is 16.8 Å². The second kappa shape index (κ2) is 7.76. The van der Waals surface area contributed by atoms with Crippen molar-refractivity contribution in [1.82, 2.24) is 10.6 Å². The highest BCUT2D eigenvalue weighted by atomic mass is 32.2. The molecule has 0 bridgehead atoms. The lowest BCUT2D eigenvalue weighted by molar-refractivity contribution is 0.0940. The quantitative estimate of drug-likeness (QED) is 0.712.